The van der Waals surface area contributed by atoms with Crippen molar-refractivity contribution in [3.63, 3.8) is 0 Å². The van der Waals surface area contributed by atoms with Crippen LogP contribution in [-0.2, 0) is 0 Å². The van der Waals surface area contributed by atoms with Crippen molar-refractivity contribution >= 4 is 11.6 Å². The van der Waals surface area contributed by atoms with Gasteiger partial charge in [-0.05, 0) is 23.6 Å². The summed E-state index contributed by atoms with van der Waals surface area (Å²) in [4.78, 5) is 0. The molecule has 0 aromatic heterocycles. The number of aliphatic hydroxyl groups excluding tert-OH is 1. The molecule has 1 unspecified atom stereocenters. The number of halogens is 1. The number of hydrogen-bond acceptors (Lipinski definition) is 2. The molecule has 2 nitrogen and oxygen atoms in total. The third-order valence-corrected chi connectivity index (χ3v) is 2.93. The lowest BCUT2D eigenvalue weighted by Crippen LogP contribution is -2.29. The summed E-state index contributed by atoms with van der Waals surface area (Å²) < 4.78 is 5.62. The summed E-state index contributed by atoms with van der Waals surface area (Å²) in [6.07, 6.45) is 0. The normalized spacial score (nSPS) is 13.6. The van der Waals surface area contributed by atoms with Crippen LogP contribution in [0.5, 0.6) is 5.75 Å². The van der Waals surface area contributed by atoms with Crippen molar-refractivity contribution in [1.82, 2.24) is 0 Å². The molecule has 0 aliphatic heterocycles. The van der Waals surface area contributed by atoms with Crippen LogP contribution in [0.1, 0.15) is 20.8 Å². The number of ether oxygens (including phenoxy) is 1. The summed E-state index contributed by atoms with van der Waals surface area (Å²) in [5.41, 5.74) is 0.0350. The Morgan fingerprint density at radius 2 is 2.06 bits per heavy atom. The van der Waals surface area contributed by atoms with Crippen LogP contribution < -0.4 is 4.74 Å². The monoisotopic (exact) mass is 242 g/mol. The van der Waals surface area contributed by atoms with Gasteiger partial charge < -0.3 is 9.84 Å². The first-order valence-corrected chi connectivity index (χ1v) is 5.80. The highest BCUT2D eigenvalue weighted by atomic mass is 35.5. The molecule has 0 amide bonds. The second-order valence-corrected chi connectivity index (χ2v) is 5.45. The summed E-state index contributed by atoms with van der Waals surface area (Å²) in [6.45, 7) is 6.91. The fourth-order valence-electron chi connectivity index (χ4n) is 1.33. The molecule has 1 atom stereocenters. The van der Waals surface area contributed by atoms with Gasteiger partial charge in [-0.3, -0.25) is 0 Å². The molecule has 1 aromatic carbocycles. The first-order valence-electron chi connectivity index (χ1n) is 5.42. The highest BCUT2D eigenvalue weighted by Crippen LogP contribution is 2.26. The van der Waals surface area contributed by atoms with Gasteiger partial charge in [-0.2, -0.15) is 0 Å². The Morgan fingerprint density at radius 3 is 2.56 bits per heavy atom. The molecule has 0 aliphatic rings. The third kappa shape index (κ3) is 4.03. The molecule has 0 saturated carbocycles. The van der Waals surface area contributed by atoms with E-state index in [0.29, 0.717) is 11.6 Å². The van der Waals surface area contributed by atoms with Gasteiger partial charge in [0.2, 0.25) is 0 Å². The Balaban J connectivity index is 2.56. The molecule has 1 N–H and O–H groups in total. The van der Waals surface area contributed by atoms with Crippen molar-refractivity contribution in [3.8, 4) is 5.75 Å². The minimum atomic E-state index is 0.0350. The van der Waals surface area contributed by atoms with Crippen LogP contribution in [-0.4, -0.2) is 18.3 Å². The van der Waals surface area contributed by atoms with E-state index in [9.17, 15) is 5.11 Å². The van der Waals surface area contributed by atoms with E-state index in [1.807, 2.05) is 18.2 Å². The predicted molar refractivity (Wildman–Crippen MR) is 67.0 cm³/mol. The summed E-state index contributed by atoms with van der Waals surface area (Å²) in [5.74, 6) is 0.863. The first-order chi connectivity index (χ1) is 7.43. The summed E-state index contributed by atoms with van der Waals surface area (Å²) >= 11 is 5.85. The Morgan fingerprint density at radius 1 is 1.38 bits per heavy atom. The van der Waals surface area contributed by atoms with E-state index in [-0.39, 0.29) is 17.9 Å². The van der Waals surface area contributed by atoms with Crippen LogP contribution in [0.25, 0.3) is 0 Å². The second-order valence-electron chi connectivity index (χ2n) is 5.01. The molecule has 1 aromatic rings. The van der Waals surface area contributed by atoms with Gasteiger partial charge in [0, 0.05) is 17.5 Å². The lowest BCUT2D eigenvalue weighted by Gasteiger charge is -2.28. The van der Waals surface area contributed by atoms with E-state index in [2.05, 4.69) is 20.8 Å². The fourth-order valence-corrected chi connectivity index (χ4v) is 1.51. The Hall–Kier alpha value is -0.730. The highest BCUT2D eigenvalue weighted by Gasteiger charge is 2.24. The Bertz CT molecular complexity index is 331. The maximum Gasteiger partial charge on any atom is 0.120 e. The van der Waals surface area contributed by atoms with Crippen LogP contribution in [0.2, 0.25) is 5.02 Å². The Labute approximate surface area is 102 Å². The van der Waals surface area contributed by atoms with Crippen LogP contribution in [0, 0.1) is 11.3 Å². The lowest BCUT2D eigenvalue weighted by molar-refractivity contribution is 0.0818. The predicted octanol–water partition coefficient (Wildman–Crippen LogP) is 3.37. The second kappa shape index (κ2) is 5.55. The van der Waals surface area contributed by atoms with Crippen LogP contribution in [0.4, 0.5) is 0 Å². The quantitative estimate of drug-likeness (QED) is 0.877. The van der Waals surface area contributed by atoms with Gasteiger partial charge in [0.05, 0.1) is 6.61 Å². The average Bonchev–Trinajstić information content (AvgIpc) is 2.16. The molecule has 90 valence electrons. The molecule has 0 aliphatic carbocycles. The van der Waals surface area contributed by atoms with Crippen molar-refractivity contribution < 1.29 is 9.84 Å². The van der Waals surface area contributed by atoms with Crippen molar-refractivity contribution in [1.29, 1.82) is 0 Å². The maximum atomic E-state index is 9.29. The van der Waals surface area contributed by atoms with Crippen LogP contribution in [0.15, 0.2) is 24.3 Å². The molecule has 1 rings (SSSR count). The van der Waals surface area contributed by atoms with Crippen LogP contribution in [0.3, 0.4) is 0 Å². The van der Waals surface area contributed by atoms with E-state index in [0.717, 1.165) is 5.75 Å². The molecular weight excluding hydrogens is 224 g/mol. The first kappa shape index (κ1) is 13.3. The van der Waals surface area contributed by atoms with Crippen molar-refractivity contribution in [2.45, 2.75) is 20.8 Å². The summed E-state index contributed by atoms with van der Waals surface area (Å²) in [7, 11) is 0. The van der Waals surface area contributed by atoms with Gasteiger partial charge in [-0.25, -0.2) is 0 Å². The molecule has 0 bridgehead atoms. The van der Waals surface area contributed by atoms with E-state index in [1.54, 1.807) is 6.07 Å². The molecule has 0 spiro atoms. The fraction of sp³-hybridized carbons (Fsp3) is 0.538. The zero-order valence-corrected chi connectivity index (χ0v) is 10.8. The van der Waals surface area contributed by atoms with Crippen molar-refractivity contribution in [2.75, 3.05) is 13.2 Å². The van der Waals surface area contributed by atoms with Gasteiger partial charge in [0.15, 0.2) is 0 Å². The van der Waals surface area contributed by atoms with E-state index in [4.69, 9.17) is 16.3 Å². The topological polar surface area (TPSA) is 29.5 Å². The van der Waals surface area contributed by atoms with Gasteiger partial charge in [-0.1, -0.05) is 38.4 Å². The van der Waals surface area contributed by atoms with E-state index < -0.39 is 0 Å². The molecule has 0 fully saturated rings. The largest absolute Gasteiger partial charge is 0.493 e. The standard InChI is InChI=1S/C13H19ClO2/c1-13(2,3)10(8-15)9-16-12-6-4-5-11(14)7-12/h4-7,10,15H,8-9H2,1-3H3. The SMILES string of the molecule is CC(C)(C)C(CO)COc1cccc(Cl)c1. The number of hydrogen-bond donors (Lipinski definition) is 1. The molecule has 0 heterocycles. The third-order valence-electron chi connectivity index (χ3n) is 2.69. The highest BCUT2D eigenvalue weighted by molar-refractivity contribution is 6.30. The molecule has 0 radical (unpaired) electrons. The average molecular weight is 243 g/mol. The summed E-state index contributed by atoms with van der Waals surface area (Å²) in [5, 5.41) is 9.95. The smallest absolute Gasteiger partial charge is 0.120 e. The number of aliphatic hydroxyl groups is 1. The van der Waals surface area contributed by atoms with Crippen molar-refractivity contribution in [2.24, 2.45) is 11.3 Å². The minimum Gasteiger partial charge on any atom is -0.493 e. The summed E-state index contributed by atoms with van der Waals surface area (Å²) in [6, 6.07) is 7.30. The molecular formula is C13H19ClO2. The zero-order valence-electron chi connectivity index (χ0n) is 10.0. The number of benzene rings is 1. The lowest BCUT2D eigenvalue weighted by atomic mass is 9.82. The molecule has 16 heavy (non-hydrogen) atoms. The Kier molecular flexibility index (Phi) is 4.63. The van der Waals surface area contributed by atoms with Gasteiger partial charge in [0.1, 0.15) is 5.75 Å². The zero-order chi connectivity index (χ0) is 12.2. The van der Waals surface area contributed by atoms with Gasteiger partial charge >= 0.3 is 0 Å². The van der Waals surface area contributed by atoms with Crippen molar-refractivity contribution in [3.05, 3.63) is 29.3 Å². The van der Waals surface area contributed by atoms with Crippen LogP contribution >= 0.6 is 11.6 Å². The van der Waals surface area contributed by atoms with E-state index in [1.165, 1.54) is 0 Å². The maximum absolute atomic E-state index is 9.29. The molecule has 3 heteroatoms. The van der Waals surface area contributed by atoms with E-state index >= 15 is 0 Å². The van der Waals surface area contributed by atoms with Gasteiger partial charge in [0.25, 0.3) is 0 Å². The van der Waals surface area contributed by atoms with Gasteiger partial charge in [-0.15, -0.1) is 0 Å². The molecule has 0 saturated heterocycles. The minimum absolute atomic E-state index is 0.0350. The number of rotatable bonds is 4.